The van der Waals surface area contributed by atoms with Gasteiger partial charge in [-0.05, 0) is 78.9 Å². The monoisotopic (exact) mass is 621 g/mol. The molecule has 3 unspecified atom stereocenters. The molecule has 1 aromatic heterocycles. The summed E-state index contributed by atoms with van der Waals surface area (Å²) >= 11 is 0. The smallest absolute Gasteiger partial charge is 0.413 e. The van der Waals surface area contributed by atoms with Gasteiger partial charge in [-0.3, -0.25) is 10.1 Å². The number of nitrogens with zero attached hydrogens (tertiary/aromatic N) is 1. The van der Waals surface area contributed by atoms with Crippen molar-refractivity contribution in [3.05, 3.63) is 23.9 Å². The van der Waals surface area contributed by atoms with Crippen LogP contribution in [0.15, 0.2) is 18.3 Å². The van der Waals surface area contributed by atoms with E-state index in [1.54, 1.807) is 53.7 Å². The van der Waals surface area contributed by atoms with Gasteiger partial charge in [-0.15, -0.1) is 0 Å². The summed E-state index contributed by atoms with van der Waals surface area (Å²) in [5, 5.41) is 10.9. The Morgan fingerprint density at radius 3 is 2.14 bits per heavy atom. The molecule has 4 amide bonds. The van der Waals surface area contributed by atoms with Crippen LogP contribution in [-0.2, 0) is 35.0 Å². The van der Waals surface area contributed by atoms with Crippen LogP contribution >= 0.6 is 0 Å². The lowest BCUT2D eigenvalue weighted by atomic mass is 9.93. The van der Waals surface area contributed by atoms with Crippen molar-refractivity contribution >= 4 is 29.8 Å². The maximum absolute atomic E-state index is 13.4. The Balaban J connectivity index is 2.21. The molecule has 0 saturated carbocycles. The molecule has 248 valence electrons. The maximum atomic E-state index is 13.4. The number of aromatic nitrogens is 1. The first-order valence-corrected chi connectivity index (χ1v) is 15.1. The quantitative estimate of drug-likeness (QED) is 0.332. The van der Waals surface area contributed by atoms with Crippen molar-refractivity contribution in [2.45, 2.75) is 110 Å². The van der Waals surface area contributed by atoms with Gasteiger partial charge < -0.3 is 34.9 Å². The standard InChI is InChI=1S/C31H51N5O8/c1-20(2)22-18-41-14-10-11-15-42-19-23(25(37)33-22)34-27(39)36-31(9,26(38)43-29(3,4)5)16-21-12-13-24(32-17-21)35-28(40)44-30(6,7)8/h12-13,17,20,22-23H,10-11,14-16,18-19H2,1-9H3,(H,33,37)(H,32,35,40)(H2,34,36,39). The summed E-state index contributed by atoms with van der Waals surface area (Å²) in [5.41, 5.74) is -2.46. The van der Waals surface area contributed by atoms with Crippen LogP contribution in [0.25, 0.3) is 0 Å². The average molecular weight is 622 g/mol. The number of esters is 1. The molecule has 2 heterocycles. The summed E-state index contributed by atoms with van der Waals surface area (Å²) in [6.45, 7) is 17.2. The number of anilines is 1. The predicted molar refractivity (Wildman–Crippen MR) is 165 cm³/mol. The van der Waals surface area contributed by atoms with E-state index in [1.165, 1.54) is 13.1 Å². The number of hydrogen-bond donors (Lipinski definition) is 4. The van der Waals surface area contributed by atoms with Crippen LogP contribution < -0.4 is 21.3 Å². The summed E-state index contributed by atoms with van der Waals surface area (Å²) < 4.78 is 22.3. The van der Waals surface area contributed by atoms with Gasteiger partial charge in [0, 0.05) is 25.8 Å². The van der Waals surface area contributed by atoms with E-state index < -0.39 is 46.8 Å². The fourth-order valence-electron chi connectivity index (χ4n) is 4.11. The molecular weight excluding hydrogens is 570 g/mol. The molecule has 13 nitrogen and oxygen atoms in total. The summed E-state index contributed by atoms with van der Waals surface area (Å²) in [7, 11) is 0. The third kappa shape index (κ3) is 13.5. The van der Waals surface area contributed by atoms with E-state index in [2.05, 4.69) is 26.3 Å². The number of pyridine rings is 1. The number of hydrogen-bond acceptors (Lipinski definition) is 9. The highest BCUT2D eigenvalue weighted by molar-refractivity contribution is 5.91. The third-order valence-corrected chi connectivity index (χ3v) is 6.41. The lowest BCUT2D eigenvalue weighted by molar-refractivity contribution is -0.162. The van der Waals surface area contributed by atoms with E-state index in [0.717, 1.165) is 12.8 Å². The van der Waals surface area contributed by atoms with Crippen LogP contribution in [0, 0.1) is 5.92 Å². The second-order valence-electron chi connectivity index (χ2n) is 13.6. The molecule has 44 heavy (non-hydrogen) atoms. The molecule has 0 radical (unpaired) electrons. The number of amides is 4. The number of nitrogens with one attached hydrogen (secondary N) is 4. The Morgan fingerprint density at radius 1 is 0.977 bits per heavy atom. The number of rotatable bonds is 7. The number of carbonyl (C=O) groups excluding carboxylic acids is 4. The largest absolute Gasteiger partial charge is 0.458 e. The lowest BCUT2D eigenvalue weighted by Crippen LogP contribution is -2.62. The van der Waals surface area contributed by atoms with Gasteiger partial charge in [0.2, 0.25) is 5.91 Å². The molecule has 1 fully saturated rings. The Morgan fingerprint density at radius 2 is 1.59 bits per heavy atom. The third-order valence-electron chi connectivity index (χ3n) is 6.41. The molecular formula is C31H51N5O8. The second-order valence-corrected chi connectivity index (χ2v) is 13.6. The van der Waals surface area contributed by atoms with E-state index in [0.29, 0.717) is 25.4 Å². The Kier molecular flexibility index (Phi) is 13.4. The number of ether oxygens (including phenoxy) is 4. The summed E-state index contributed by atoms with van der Waals surface area (Å²) in [5.74, 6) is -0.731. The average Bonchev–Trinajstić information content (AvgIpc) is 2.86. The molecule has 1 aliphatic rings. The van der Waals surface area contributed by atoms with E-state index >= 15 is 0 Å². The fourth-order valence-corrected chi connectivity index (χ4v) is 4.11. The van der Waals surface area contributed by atoms with Gasteiger partial charge in [-0.1, -0.05) is 19.9 Å². The van der Waals surface area contributed by atoms with Gasteiger partial charge in [-0.2, -0.15) is 0 Å². The topological polar surface area (TPSA) is 166 Å². The lowest BCUT2D eigenvalue weighted by Gasteiger charge is -2.33. The van der Waals surface area contributed by atoms with E-state index in [-0.39, 0.29) is 30.8 Å². The summed E-state index contributed by atoms with van der Waals surface area (Å²) in [6.07, 6.45) is 2.41. The fraction of sp³-hybridized carbons (Fsp3) is 0.710. The van der Waals surface area contributed by atoms with Crippen LogP contribution in [0.2, 0.25) is 0 Å². The molecule has 0 spiro atoms. The van der Waals surface area contributed by atoms with Crippen molar-refractivity contribution in [2.75, 3.05) is 31.7 Å². The second kappa shape index (κ2) is 16.0. The van der Waals surface area contributed by atoms with Gasteiger partial charge in [-0.25, -0.2) is 19.4 Å². The Hall–Kier alpha value is -3.45. The van der Waals surface area contributed by atoms with Gasteiger partial charge in [0.15, 0.2) is 0 Å². The molecule has 2 rings (SSSR count). The van der Waals surface area contributed by atoms with Crippen LogP contribution in [0.1, 0.15) is 80.7 Å². The van der Waals surface area contributed by atoms with E-state index in [9.17, 15) is 19.2 Å². The molecule has 1 aliphatic heterocycles. The highest BCUT2D eigenvalue weighted by Crippen LogP contribution is 2.20. The molecule has 0 aromatic carbocycles. The van der Waals surface area contributed by atoms with Crippen LogP contribution in [0.4, 0.5) is 15.4 Å². The minimum Gasteiger partial charge on any atom is -0.458 e. The summed E-state index contributed by atoms with van der Waals surface area (Å²) in [6, 6.07) is 1.23. The molecule has 13 heteroatoms. The maximum Gasteiger partial charge on any atom is 0.413 e. The minimum absolute atomic E-state index is 0.00910. The van der Waals surface area contributed by atoms with Gasteiger partial charge in [0.1, 0.15) is 28.6 Å². The highest BCUT2D eigenvalue weighted by atomic mass is 16.6. The first-order chi connectivity index (χ1) is 20.4. The highest BCUT2D eigenvalue weighted by Gasteiger charge is 2.40. The van der Waals surface area contributed by atoms with Crippen LogP contribution in [0.3, 0.4) is 0 Å². The van der Waals surface area contributed by atoms with Crippen LogP contribution in [-0.4, -0.2) is 84.2 Å². The van der Waals surface area contributed by atoms with Gasteiger partial charge in [0.25, 0.3) is 0 Å². The number of urea groups is 1. The Labute approximate surface area is 260 Å². The zero-order valence-corrected chi connectivity index (χ0v) is 27.6. The molecule has 1 saturated heterocycles. The van der Waals surface area contributed by atoms with Gasteiger partial charge >= 0.3 is 18.1 Å². The van der Waals surface area contributed by atoms with Crippen molar-refractivity contribution in [1.82, 2.24) is 20.9 Å². The SMILES string of the molecule is CC(C)C1COCCCCOCC(NC(=O)NC(C)(Cc2ccc(NC(=O)OC(C)(C)C)nc2)C(=O)OC(C)(C)C)C(=O)N1. The molecule has 1 aromatic rings. The van der Waals surface area contributed by atoms with Crippen LogP contribution in [0.5, 0.6) is 0 Å². The minimum atomic E-state index is -1.55. The van der Waals surface area contributed by atoms with E-state index in [1.807, 2.05) is 13.8 Å². The molecule has 0 aliphatic carbocycles. The molecule has 4 N–H and O–H groups in total. The van der Waals surface area contributed by atoms with Gasteiger partial charge in [0.05, 0.1) is 19.3 Å². The number of carbonyl (C=O) groups is 4. The first kappa shape index (κ1) is 36.7. The zero-order chi connectivity index (χ0) is 33.1. The zero-order valence-electron chi connectivity index (χ0n) is 27.6. The van der Waals surface area contributed by atoms with Crippen molar-refractivity contribution in [2.24, 2.45) is 5.92 Å². The first-order valence-electron chi connectivity index (χ1n) is 15.1. The predicted octanol–water partition coefficient (Wildman–Crippen LogP) is 3.71. The Bertz CT molecular complexity index is 1110. The van der Waals surface area contributed by atoms with Crippen molar-refractivity contribution in [3.63, 3.8) is 0 Å². The summed E-state index contributed by atoms with van der Waals surface area (Å²) in [4.78, 5) is 56.3. The van der Waals surface area contributed by atoms with E-state index in [4.69, 9.17) is 18.9 Å². The van der Waals surface area contributed by atoms with Crippen molar-refractivity contribution in [3.8, 4) is 0 Å². The van der Waals surface area contributed by atoms with Crippen molar-refractivity contribution in [1.29, 1.82) is 0 Å². The molecule has 0 bridgehead atoms. The van der Waals surface area contributed by atoms with Crippen molar-refractivity contribution < 1.29 is 38.1 Å². The normalized spacial score (nSPS) is 20.2. The molecule has 3 atom stereocenters.